The van der Waals surface area contributed by atoms with Crippen molar-refractivity contribution in [3.8, 4) is 0 Å². The molecule has 0 aliphatic heterocycles. The molecular weight excluding hydrogens is 218 g/mol. The molecule has 0 spiro atoms. The maximum absolute atomic E-state index is 3.76. The van der Waals surface area contributed by atoms with E-state index in [1.807, 2.05) is 0 Å². The normalized spacial score (nSPS) is 22.2. The van der Waals surface area contributed by atoms with Crippen LogP contribution in [-0.2, 0) is 0 Å². The Hall–Kier alpha value is -0.300. The SMILES string of the molecule is CC(CCCNC1CCCCC1)=C1CCCCC1. The summed E-state index contributed by atoms with van der Waals surface area (Å²) in [6.07, 6.45) is 17.0. The third-order valence-electron chi connectivity index (χ3n) is 4.83. The quantitative estimate of drug-likeness (QED) is 0.536. The van der Waals surface area contributed by atoms with Crippen LogP contribution in [0.5, 0.6) is 0 Å². The number of hydrogen-bond donors (Lipinski definition) is 1. The summed E-state index contributed by atoms with van der Waals surface area (Å²) in [5.41, 5.74) is 3.50. The van der Waals surface area contributed by atoms with Gasteiger partial charge < -0.3 is 5.32 Å². The zero-order valence-electron chi connectivity index (χ0n) is 12.3. The summed E-state index contributed by atoms with van der Waals surface area (Å²) >= 11 is 0. The van der Waals surface area contributed by atoms with Crippen LogP contribution >= 0.6 is 0 Å². The lowest BCUT2D eigenvalue weighted by molar-refractivity contribution is 0.372. The third kappa shape index (κ3) is 4.76. The van der Waals surface area contributed by atoms with Gasteiger partial charge in [-0.15, -0.1) is 0 Å². The first-order chi connectivity index (χ1) is 8.86. The van der Waals surface area contributed by atoms with Crippen LogP contribution in [0.25, 0.3) is 0 Å². The highest BCUT2D eigenvalue weighted by Crippen LogP contribution is 2.27. The lowest BCUT2D eigenvalue weighted by atomic mass is 9.90. The molecule has 0 amide bonds. The Kier molecular flexibility index (Phi) is 6.26. The van der Waals surface area contributed by atoms with Crippen LogP contribution in [0, 0.1) is 0 Å². The summed E-state index contributed by atoms with van der Waals surface area (Å²) in [5.74, 6) is 0. The van der Waals surface area contributed by atoms with E-state index >= 15 is 0 Å². The van der Waals surface area contributed by atoms with Crippen LogP contribution in [0.15, 0.2) is 11.1 Å². The molecule has 2 rings (SSSR count). The maximum atomic E-state index is 3.76. The van der Waals surface area contributed by atoms with Gasteiger partial charge in [0.25, 0.3) is 0 Å². The fraction of sp³-hybridized carbons (Fsp3) is 0.882. The van der Waals surface area contributed by atoms with Crippen LogP contribution in [0.3, 0.4) is 0 Å². The van der Waals surface area contributed by atoms with Gasteiger partial charge in [0, 0.05) is 6.04 Å². The monoisotopic (exact) mass is 249 g/mol. The fourth-order valence-electron chi connectivity index (χ4n) is 3.55. The first kappa shape index (κ1) is 14.1. The molecule has 0 unspecified atom stereocenters. The highest BCUT2D eigenvalue weighted by molar-refractivity contribution is 5.13. The number of hydrogen-bond acceptors (Lipinski definition) is 1. The minimum absolute atomic E-state index is 0.835. The molecule has 1 nitrogen and oxygen atoms in total. The molecule has 0 aromatic rings. The van der Waals surface area contributed by atoms with Crippen molar-refractivity contribution in [2.45, 2.75) is 90.0 Å². The second-order valence-electron chi connectivity index (χ2n) is 6.34. The Labute approximate surface area is 113 Å². The van der Waals surface area contributed by atoms with Crippen molar-refractivity contribution < 1.29 is 0 Å². The molecule has 104 valence electrons. The van der Waals surface area contributed by atoms with Gasteiger partial charge in [-0.3, -0.25) is 0 Å². The van der Waals surface area contributed by atoms with Crippen molar-refractivity contribution >= 4 is 0 Å². The molecule has 1 heteroatoms. The standard InChI is InChI=1S/C17H31N/c1-15(16-10-4-2-5-11-16)9-8-14-18-17-12-6-3-7-13-17/h17-18H,2-14H2,1H3. The van der Waals surface area contributed by atoms with E-state index in [-0.39, 0.29) is 0 Å². The number of rotatable bonds is 5. The average Bonchev–Trinajstić information content (AvgIpc) is 2.45. The predicted molar refractivity (Wildman–Crippen MR) is 79.9 cm³/mol. The summed E-state index contributed by atoms with van der Waals surface area (Å²) in [6, 6.07) is 0.835. The Bertz CT molecular complexity index is 253. The van der Waals surface area contributed by atoms with Gasteiger partial charge in [0.15, 0.2) is 0 Å². The van der Waals surface area contributed by atoms with Crippen molar-refractivity contribution in [2.75, 3.05) is 6.54 Å². The van der Waals surface area contributed by atoms with Crippen molar-refractivity contribution in [3.05, 3.63) is 11.1 Å². The second kappa shape index (κ2) is 7.99. The Balaban J connectivity index is 1.59. The van der Waals surface area contributed by atoms with Crippen LogP contribution < -0.4 is 5.32 Å². The molecule has 18 heavy (non-hydrogen) atoms. The molecule has 0 saturated heterocycles. The van der Waals surface area contributed by atoms with Gasteiger partial charge in [-0.05, 0) is 64.8 Å². The first-order valence-corrected chi connectivity index (χ1v) is 8.27. The van der Waals surface area contributed by atoms with Gasteiger partial charge in [-0.25, -0.2) is 0 Å². The zero-order chi connectivity index (χ0) is 12.6. The highest BCUT2D eigenvalue weighted by Gasteiger charge is 2.12. The van der Waals surface area contributed by atoms with E-state index in [1.165, 1.54) is 83.6 Å². The van der Waals surface area contributed by atoms with Crippen LogP contribution in [0.4, 0.5) is 0 Å². The van der Waals surface area contributed by atoms with E-state index < -0.39 is 0 Å². The van der Waals surface area contributed by atoms with E-state index in [9.17, 15) is 0 Å². The number of nitrogens with one attached hydrogen (secondary N) is 1. The summed E-state index contributed by atoms with van der Waals surface area (Å²) in [4.78, 5) is 0. The summed E-state index contributed by atoms with van der Waals surface area (Å²) < 4.78 is 0. The van der Waals surface area contributed by atoms with Gasteiger partial charge in [-0.2, -0.15) is 0 Å². The molecule has 0 heterocycles. The van der Waals surface area contributed by atoms with Crippen molar-refractivity contribution in [1.82, 2.24) is 5.32 Å². The summed E-state index contributed by atoms with van der Waals surface area (Å²) in [5, 5.41) is 3.76. The van der Waals surface area contributed by atoms with Gasteiger partial charge >= 0.3 is 0 Å². The van der Waals surface area contributed by atoms with E-state index in [0.717, 1.165) is 6.04 Å². The third-order valence-corrected chi connectivity index (χ3v) is 4.83. The van der Waals surface area contributed by atoms with Gasteiger partial charge in [0.05, 0.1) is 0 Å². The summed E-state index contributed by atoms with van der Waals surface area (Å²) in [6.45, 7) is 3.61. The van der Waals surface area contributed by atoms with Gasteiger partial charge in [0.2, 0.25) is 0 Å². The predicted octanol–water partition coefficient (Wildman–Crippen LogP) is 4.97. The van der Waals surface area contributed by atoms with Crippen molar-refractivity contribution in [3.63, 3.8) is 0 Å². The topological polar surface area (TPSA) is 12.0 Å². The Morgan fingerprint density at radius 2 is 1.67 bits per heavy atom. The van der Waals surface area contributed by atoms with E-state index in [0.29, 0.717) is 0 Å². The van der Waals surface area contributed by atoms with E-state index in [2.05, 4.69) is 12.2 Å². The van der Waals surface area contributed by atoms with Crippen LogP contribution in [0.1, 0.15) is 84.0 Å². The molecule has 0 atom stereocenters. The minimum Gasteiger partial charge on any atom is -0.314 e. The molecule has 0 bridgehead atoms. The van der Waals surface area contributed by atoms with Crippen molar-refractivity contribution in [1.29, 1.82) is 0 Å². The smallest absolute Gasteiger partial charge is 0.00670 e. The molecule has 1 N–H and O–H groups in total. The molecule has 0 radical (unpaired) electrons. The molecule has 0 aromatic carbocycles. The fourth-order valence-corrected chi connectivity index (χ4v) is 3.55. The molecule has 2 aliphatic carbocycles. The largest absolute Gasteiger partial charge is 0.314 e. The molecule has 2 saturated carbocycles. The lowest BCUT2D eigenvalue weighted by Gasteiger charge is -2.23. The maximum Gasteiger partial charge on any atom is 0.00670 e. The first-order valence-electron chi connectivity index (χ1n) is 8.27. The number of allylic oxidation sites excluding steroid dienone is 2. The zero-order valence-corrected chi connectivity index (χ0v) is 12.3. The molecule has 2 fully saturated rings. The van der Waals surface area contributed by atoms with Crippen molar-refractivity contribution in [2.24, 2.45) is 0 Å². The Morgan fingerprint density at radius 1 is 1.00 bits per heavy atom. The molecule has 2 aliphatic rings. The second-order valence-corrected chi connectivity index (χ2v) is 6.34. The summed E-state index contributed by atoms with van der Waals surface area (Å²) in [7, 11) is 0. The molecular formula is C17H31N. The average molecular weight is 249 g/mol. The van der Waals surface area contributed by atoms with Gasteiger partial charge in [0.1, 0.15) is 0 Å². The van der Waals surface area contributed by atoms with E-state index in [1.54, 1.807) is 11.1 Å². The van der Waals surface area contributed by atoms with E-state index in [4.69, 9.17) is 0 Å². The minimum atomic E-state index is 0.835. The Morgan fingerprint density at radius 3 is 2.39 bits per heavy atom. The lowest BCUT2D eigenvalue weighted by Crippen LogP contribution is -2.31. The molecule has 0 aromatic heterocycles. The van der Waals surface area contributed by atoms with Crippen LogP contribution in [0.2, 0.25) is 0 Å². The van der Waals surface area contributed by atoms with Crippen LogP contribution in [-0.4, -0.2) is 12.6 Å². The highest BCUT2D eigenvalue weighted by atomic mass is 14.9. The van der Waals surface area contributed by atoms with Gasteiger partial charge in [-0.1, -0.05) is 36.8 Å².